The first-order valence-corrected chi connectivity index (χ1v) is 6.65. The lowest BCUT2D eigenvalue weighted by atomic mass is 10.1. The number of halogens is 6. The number of carbonyl (C=O) groups is 2. The predicted molar refractivity (Wildman–Crippen MR) is 68.1 cm³/mol. The van der Waals surface area contributed by atoms with Gasteiger partial charge in [-0.1, -0.05) is 12.1 Å². The minimum absolute atomic E-state index is 0.0614. The maximum Gasteiger partial charge on any atom is 0.405 e. The monoisotopic (exact) mass is 386 g/mol. The van der Waals surface area contributed by atoms with E-state index in [2.05, 4.69) is 15.9 Å². The molecule has 1 aromatic carbocycles. The summed E-state index contributed by atoms with van der Waals surface area (Å²) in [5.41, 5.74) is -0.911. The van der Waals surface area contributed by atoms with Crippen LogP contribution >= 0.6 is 15.9 Å². The molecule has 2 rings (SSSR count). The van der Waals surface area contributed by atoms with Crippen molar-refractivity contribution in [2.75, 3.05) is 13.1 Å². The topological polar surface area (TPSA) is 49.4 Å². The van der Waals surface area contributed by atoms with Crippen LogP contribution in [-0.4, -0.2) is 36.0 Å². The van der Waals surface area contributed by atoms with Gasteiger partial charge in [-0.2, -0.15) is 22.0 Å². The lowest BCUT2D eigenvalue weighted by molar-refractivity contribution is -0.149. The van der Waals surface area contributed by atoms with Crippen molar-refractivity contribution in [2.24, 2.45) is 0 Å². The highest BCUT2D eigenvalue weighted by Gasteiger charge is 2.52. The molecule has 0 atom stereocenters. The van der Waals surface area contributed by atoms with E-state index < -0.39 is 42.7 Å². The molecule has 22 heavy (non-hydrogen) atoms. The van der Waals surface area contributed by atoms with E-state index in [4.69, 9.17) is 0 Å². The highest BCUT2D eigenvalue weighted by molar-refractivity contribution is 9.10. The van der Waals surface area contributed by atoms with Crippen LogP contribution in [0, 0.1) is 0 Å². The highest BCUT2D eigenvalue weighted by atomic mass is 79.9. The zero-order valence-electron chi connectivity index (χ0n) is 10.7. The Kier molecular flexibility index (Phi) is 4.16. The van der Waals surface area contributed by atoms with Gasteiger partial charge in [0.15, 0.2) is 0 Å². The number of hydrogen-bond donors (Lipinski definition) is 1. The van der Waals surface area contributed by atoms with Crippen LogP contribution in [-0.2, 0) is 10.8 Å². The Morgan fingerprint density at radius 3 is 2.50 bits per heavy atom. The summed E-state index contributed by atoms with van der Waals surface area (Å²) in [5.74, 6) is -2.45. The number of alkyl halides is 5. The number of amides is 2. The van der Waals surface area contributed by atoms with Crippen LogP contribution in [0.2, 0.25) is 0 Å². The molecule has 4 nitrogen and oxygen atoms in total. The third kappa shape index (κ3) is 3.06. The van der Waals surface area contributed by atoms with Gasteiger partial charge in [-0.25, -0.2) is 0 Å². The number of rotatable bonds is 3. The molecule has 0 bridgehead atoms. The summed E-state index contributed by atoms with van der Waals surface area (Å²) >= 11 is 2.96. The normalized spacial score (nSPS) is 16.6. The van der Waals surface area contributed by atoms with Crippen molar-refractivity contribution in [3.8, 4) is 0 Å². The van der Waals surface area contributed by atoms with Gasteiger partial charge in [-0.3, -0.25) is 14.5 Å². The molecule has 1 aliphatic rings. The molecule has 1 aromatic rings. The van der Waals surface area contributed by atoms with Crippen LogP contribution in [0.25, 0.3) is 0 Å². The summed E-state index contributed by atoms with van der Waals surface area (Å²) in [6.07, 6.45) is -4.67. The lowest BCUT2D eigenvalue weighted by Gasteiger charge is -2.23. The molecule has 0 aromatic heterocycles. The van der Waals surface area contributed by atoms with Crippen LogP contribution in [0.4, 0.5) is 22.0 Å². The van der Waals surface area contributed by atoms with Gasteiger partial charge in [0.25, 0.3) is 5.91 Å². The third-order valence-electron chi connectivity index (χ3n) is 2.92. The summed E-state index contributed by atoms with van der Waals surface area (Å²) in [5, 5.41) is 1.45. The van der Waals surface area contributed by atoms with E-state index in [1.807, 2.05) is 0 Å². The second kappa shape index (κ2) is 5.49. The predicted octanol–water partition coefficient (Wildman–Crippen LogP) is 2.63. The zero-order valence-corrected chi connectivity index (χ0v) is 12.3. The molecule has 0 saturated heterocycles. The van der Waals surface area contributed by atoms with Crippen molar-refractivity contribution >= 4 is 27.7 Å². The van der Waals surface area contributed by atoms with E-state index >= 15 is 0 Å². The standard InChI is InChI=1S/C12H8BrF5N2O2/c13-7-3-1-2-6-9(7)10(22)20(12(6,17)18)4-8(21)19-5-11(14,15)16/h1-3H,4-5H2,(H,19,21). The first-order chi connectivity index (χ1) is 10.0. The van der Waals surface area contributed by atoms with Crippen LogP contribution in [0.1, 0.15) is 15.9 Å². The van der Waals surface area contributed by atoms with Gasteiger partial charge in [-0.05, 0) is 22.0 Å². The van der Waals surface area contributed by atoms with Crippen molar-refractivity contribution in [1.29, 1.82) is 0 Å². The summed E-state index contributed by atoms with van der Waals surface area (Å²) < 4.78 is 64.3. The number of carbonyl (C=O) groups excluding carboxylic acids is 2. The maximum absolute atomic E-state index is 14.1. The fourth-order valence-corrected chi connectivity index (χ4v) is 2.51. The molecule has 1 aliphatic heterocycles. The molecule has 0 radical (unpaired) electrons. The molecule has 0 unspecified atom stereocenters. The second-order valence-electron chi connectivity index (χ2n) is 4.49. The molecule has 2 amide bonds. The first kappa shape index (κ1) is 16.7. The van der Waals surface area contributed by atoms with E-state index in [0.717, 1.165) is 6.07 Å². The molecule has 0 saturated carbocycles. The lowest BCUT2D eigenvalue weighted by Crippen LogP contribution is -2.46. The van der Waals surface area contributed by atoms with Gasteiger partial charge >= 0.3 is 12.2 Å². The average Bonchev–Trinajstić information content (AvgIpc) is 2.58. The van der Waals surface area contributed by atoms with Gasteiger partial charge in [0, 0.05) is 4.47 Å². The summed E-state index contributed by atoms with van der Waals surface area (Å²) in [7, 11) is 0. The largest absolute Gasteiger partial charge is 0.405 e. The second-order valence-corrected chi connectivity index (χ2v) is 5.34. The molecule has 0 spiro atoms. The van der Waals surface area contributed by atoms with Gasteiger partial charge < -0.3 is 5.32 Å². The Bertz CT molecular complexity index is 632. The van der Waals surface area contributed by atoms with Crippen molar-refractivity contribution < 1.29 is 31.5 Å². The highest BCUT2D eigenvalue weighted by Crippen LogP contribution is 2.43. The Morgan fingerprint density at radius 1 is 1.32 bits per heavy atom. The zero-order chi connectivity index (χ0) is 16.7. The maximum atomic E-state index is 14.1. The SMILES string of the molecule is O=C(CN1C(=O)c2c(Br)cccc2C1(F)F)NCC(F)(F)F. The Labute approximate surface area is 129 Å². The van der Waals surface area contributed by atoms with Crippen molar-refractivity contribution in [3.63, 3.8) is 0 Å². The smallest absolute Gasteiger partial charge is 0.345 e. The van der Waals surface area contributed by atoms with Crippen molar-refractivity contribution in [1.82, 2.24) is 10.2 Å². The average molecular weight is 387 g/mol. The summed E-state index contributed by atoms with van der Waals surface area (Å²) in [4.78, 5) is 23.3. The van der Waals surface area contributed by atoms with E-state index in [-0.39, 0.29) is 14.9 Å². The number of nitrogens with one attached hydrogen (secondary N) is 1. The number of nitrogens with zero attached hydrogens (tertiary/aromatic N) is 1. The van der Waals surface area contributed by atoms with Gasteiger partial charge in [-0.15, -0.1) is 0 Å². The molecule has 0 aliphatic carbocycles. The van der Waals surface area contributed by atoms with Gasteiger partial charge in [0.2, 0.25) is 5.91 Å². The van der Waals surface area contributed by atoms with E-state index in [1.165, 1.54) is 17.4 Å². The fraction of sp³-hybridized carbons (Fsp3) is 0.333. The summed E-state index contributed by atoms with van der Waals surface area (Å²) in [6.45, 7) is -2.83. The van der Waals surface area contributed by atoms with E-state index in [0.29, 0.717) is 0 Å². The van der Waals surface area contributed by atoms with Crippen LogP contribution in [0.15, 0.2) is 22.7 Å². The molecule has 1 heterocycles. The number of hydrogen-bond acceptors (Lipinski definition) is 2. The number of benzene rings is 1. The minimum Gasteiger partial charge on any atom is -0.345 e. The Morgan fingerprint density at radius 2 is 1.95 bits per heavy atom. The third-order valence-corrected chi connectivity index (χ3v) is 3.58. The van der Waals surface area contributed by atoms with Crippen molar-refractivity contribution in [2.45, 2.75) is 12.2 Å². The van der Waals surface area contributed by atoms with E-state index in [1.54, 1.807) is 0 Å². The Hall–Kier alpha value is -1.71. The molecule has 120 valence electrons. The molecule has 10 heteroatoms. The van der Waals surface area contributed by atoms with Crippen molar-refractivity contribution in [3.05, 3.63) is 33.8 Å². The van der Waals surface area contributed by atoms with Crippen LogP contribution < -0.4 is 5.32 Å². The molecule has 1 N–H and O–H groups in total. The van der Waals surface area contributed by atoms with Crippen LogP contribution in [0.5, 0.6) is 0 Å². The van der Waals surface area contributed by atoms with E-state index in [9.17, 15) is 31.5 Å². The fourth-order valence-electron chi connectivity index (χ4n) is 1.97. The molecular formula is C12H8BrF5N2O2. The Balaban J connectivity index is 2.19. The van der Waals surface area contributed by atoms with Gasteiger partial charge in [0.05, 0.1) is 11.1 Å². The quantitative estimate of drug-likeness (QED) is 0.641. The number of fused-ring (bicyclic) bond motifs is 1. The molecular weight excluding hydrogens is 379 g/mol. The summed E-state index contributed by atoms with van der Waals surface area (Å²) in [6, 6.07) is -0.0885. The first-order valence-electron chi connectivity index (χ1n) is 5.86. The van der Waals surface area contributed by atoms with Crippen LogP contribution in [0.3, 0.4) is 0 Å². The van der Waals surface area contributed by atoms with Gasteiger partial charge in [0.1, 0.15) is 13.1 Å². The molecule has 0 fully saturated rings. The minimum atomic E-state index is -4.67.